The van der Waals surface area contributed by atoms with Crippen LogP contribution in [0.4, 0.5) is 5.95 Å². The SMILES string of the molecule is CN(C)CCCNC(=O)C(=O)Nc1ncn[nH]1. The molecule has 17 heavy (non-hydrogen) atoms. The third kappa shape index (κ3) is 5.07. The van der Waals surface area contributed by atoms with Gasteiger partial charge in [-0.3, -0.25) is 14.9 Å². The highest BCUT2D eigenvalue weighted by atomic mass is 16.2. The van der Waals surface area contributed by atoms with E-state index in [1.165, 1.54) is 6.33 Å². The Morgan fingerprint density at radius 1 is 1.41 bits per heavy atom. The molecule has 0 saturated carbocycles. The van der Waals surface area contributed by atoms with Gasteiger partial charge >= 0.3 is 11.8 Å². The predicted octanol–water partition coefficient (Wildman–Crippen LogP) is -1.19. The van der Waals surface area contributed by atoms with Crippen molar-refractivity contribution in [3.63, 3.8) is 0 Å². The summed E-state index contributed by atoms with van der Waals surface area (Å²) in [6, 6.07) is 0. The number of aromatic amines is 1. The number of H-pyrrole nitrogens is 1. The van der Waals surface area contributed by atoms with Crippen molar-refractivity contribution in [2.45, 2.75) is 6.42 Å². The lowest BCUT2D eigenvalue weighted by Gasteiger charge is -2.09. The molecule has 0 fully saturated rings. The summed E-state index contributed by atoms with van der Waals surface area (Å²) in [5.41, 5.74) is 0. The van der Waals surface area contributed by atoms with Crippen molar-refractivity contribution in [2.75, 3.05) is 32.5 Å². The molecule has 0 saturated heterocycles. The number of aromatic nitrogens is 3. The Kier molecular flexibility index (Phi) is 5.08. The number of nitrogens with zero attached hydrogens (tertiary/aromatic N) is 3. The Morgan fingerprint density at radius 3 is 2.76 bits per heavy atom. The predicted molar refractivity (Wildman–Crippen MR) is 61.2 cm³/mol. The fourth-order valence-electron chi connectivity index (χ4n) is 1.11. The quantitative estimate of drug-likeness (QED) is 0.443. The van der Waals surface area contributed by atoms with E-state index in [1.54, 1.807) is 0 Å². The normalized spacial score (nSPS) is 10.3. The highest BCUT2D eigenvalue weighted by molar-refractivity contribution is 6.39. The molecule has 8 nitrogen and oxygen atoms in total. The molecule has 1 aromatic heterocycles. The van der Waals surface area contributed by atoms with Crippen molar-refractivity contribution in [2.24, 2.45) is 0 Å². The van der Waals surface area contributed by atoms with Gasteiger partial charge in [-0.1, -0.05) is 0 Å². The van der Waals surface area contributed by atoms with Gasteiger partial charge in [-0.05, 0) is 27.1 Å². The van der Waals surface area contributed by atoms with Crippen LogP contribution >= 0.6 is 0 Å². The minimum Gasteiger partial charge on any atom is -0.348 e. The molecular formula is C9H16N6O2. The van der Waals surface area contributed by atoms with Crippen molar-refractivity contribution < 1.29 is 9.59 Å². The number of carbonyl (C=O) groups is 2. The van der Waals surface area contributed by atoms with E-state index in [1.807, 2.05) is 19.0 Å². The summed E-state index contributed by atoms with van der Waals surface area (Å²) >= 11 is 0. The molecule has 0 radical (unpaired) electrons. The third-order valence-electron chi connectivity index (χ3n) is 1.92. The highest BCUT2D eigenvalue weighted by Crippen LogP contribution is 1.91. The number of hydrogen-bond acceptors (Lipinski definition) is 5. The number of nitrogens with one attached hydrogen (secondary N) is 3. The molecule has 0 aliphatic rings. The number of anilines is 1. The van der Waals surface area contributed by atoms with E-state index in [-0.39, 0.29) is 5.95 Å². The van der Waals surface area contributed by atoms with Crippen molar-refractivity contribution in [3.8, 4) is 0 Å². The second kappa shape index (κ2) is 6.59. The van der Waals surface area contributed by atoms with Gasteiger partial charge < -0.3 is 10.2 Å². The molecule has 0 aliphatic heterocycles. The Bertz CT molecular complexity index is 362. The van der Waals surface area contributed by atoms with Crippen LogP contribution in [-0.4, -0.2) is 59.1 Å². The van der Waals surface area contributed by atoms with Gasteiger partial charge in [0.2, 0.25) is 5.95 Å². The Labute approximate surface area is 98.8 Å². The van der Waals surface area contributed by atoms with Crippen LogP contribution in [0.1, 0.15) is 6.42 Å². The molecular weight excluding hydrogens is 224 g/mol. The van der Waals surface area contributed by atoms with Crippen molar-refractivity contribution in [3.05, 3.63) is 6.33 Å². The molecule has 3 N–H and O–H groups in total. The molecule has 1 aromatic rings. The number of rotatable bonds is 5. The molecule has 1 heterocycles. The van der Waals surface area contributed by atoms with Crippen molar-refractivity contribution in [1.29, 1.82) is 0 Å². The molecule has 0 aliphatic carbocycles. The summed E-state index contributed by atoms with van der Waals surface area (Å²) in [6.45, 7) is 1.31. The smallest absolute Gasteiger partial charge is 0.316 e. The lowest BCUT2D eigenvalue weighted by atomic mass is 10.4. The summed E-state index contributed by atoms with van der Waals surface area (Å²) in [7, 11) is 3.89. The highest BCUT2D eigenvalue weighted by Gasteiger charge is 2.13. The lowest BCUT2D eigenvalue weighted by molar-refractivity contribution is -0.136. The fraction of sp³-hybridized carbons (Fsp3) is 0.556. The average molecular weight is 240 g/mol. The van der Waals surface area contributed by atoms with Gasteiger partial charge in [0, 0.05) is 6.54 Å². The van der Waals surface area contributed by atoms with Gasteiger partial charge in [0.15, 0.2) is 0 Å². The second-order valence-electron chi connectivity index (χ2n) is 3.70. The largest absolute Gasteiger partial charge is 0.348 e. The Balaban J connectivity index is 2.21. The maximum absolute atomic E-state index is 11.3. The summed E-state index contributed by atoms with van der Waals surface area (Å²) in [6.07, 6.45) is 2.03. The zero-order chi connectivity index (χ0) is 12.7. The van der Waals surface area contributed by atoms with Gasteiger partial charge in [0.25, 0.3) is 0 Å². The number of hydrogen-bond donors (Lipinski definition) is 3. The van der Waals surface area contributed by atoms with Gasteiger partial charge in [0.05, 0.1) is 0 Å². The zero-order valence-electron chi connectivity index (χ0n) is 9.86. The van der Waals surface area contributed by atoms with E-state index < -0.39 is 11.8 Å². The standard InChI is InChI=1S/C9H16N6O2/c1-15(2)5-3-4-10-7(16)8(17)13-9-11-6-12-14-9/h6H,3-5H2,1-2H3,(H,10,16)(H2,11,12,13,14,17). The zero-order valence-corrected chi connectivity index (χ0v) is 9.86. The van der Waals surface area contributed by atoms with Crippen LogP contribution in [0.25, 0.3) is 0 Å². The molecule has 0 unspecified atom stereocenters. The maximum Gasteiger partial charge on any atom is 0.316 e. The minimum absolute atomic E-state index is 0.151. The molecule has 0 bridgehead atoms. The first kappa shape index (κ1) is 13.1. The maximum atomic E-state index is 11.3. The van der Waals surface area contributed by atoms with Crippen LogP contribution in [0.3, 0.4) is 0 Å². The fourth-order valence-corrected chi connectivity index (χ4v) is 1.11. The Morgan fingerprint density at radius 2 is 2.18 bits per heavy atom. The second-order valence-corrected chi connectivity index (χ2v) is 3.70. The molecule has 0 spiro atoms. The summed E-state index contributed by atoms with van der Waals surface area (Å²) < 4.78 is 0. The van der Waals surface area contributed by atoms with Gasteiger partial charge in [-0.2, -0.15) is 10.1 Å². The van der Waals surface area contributed by atoms with Gasteiger partial charge in [-0.15, -0.1) is 0 Å². The monoisotopic (exact) mass is 240 g/mol. The Hall–Kier alpha value is -1.96. The average Bonchev–Trinajstić information content (AvgIpc) is 2.76. The molecule has 94 valence electrons. The van der Waals surface area contributed by atoms with Crippen LogP contribution in [-0.2, 0) is 9.59 Å². The van der Waals surface area contributed by atoms with Crippen LogP contribution in [0.5, 0.6) is 0 Å². The van der Waals surface area contributed by atoms with E-state index in [9.17, 15) is 9.59 Å². The van der Waals surface area contributed by atoms with E-state index in [2.05, 4.69) is 25.8 Å². The van der Waals surface area contributed by atoms with Crippen LogP contribution in [0, 0.1) is 0 Å². The summed E-state index contributed by atoms with van der Waals surface area (Å²) in [5, 5.41) is 10.8. The number of carbonyl (C=O) groups excluding carboxylic acids is 2. The van der Waals surface area contributed by atoms with Crippen LogP contribution < -0.4 is 10.6 Å². The van der Waals surface area contributed by atoms with Gasteiger partial charge in [0.1, 0.15) is 6.33 Å². The van der Waals surface area contributed by atoms with E-state index in [4.69, 9.17) is 0 Å². The van der Waals surface area contributed by atoms with Crippen LogP contribution in [0.15, 0.2) is 6.33 Å². The molecule has 1 rings (SSSR count). The van der Waals surface area contributed by atoms with Crippen LogP contribution in [0.2, 0.25) is 0 Å². The van der Waals surface area contributed by atoms with E-state index >= 15 is 0 Å². The van der Waals surface area contributed by atoms with Gasteiger partial charge in [-0.25, -0.2) is 5.10 Å². The van der Waals surface area contributed by atoms with Crippen molar-refractivity contribution in [1.82, 2.24) is 25.4 Å². The van der Waals surface area contributed by atoms with Crippen molar-refractivity contribution >= 4 is 17.8 Å². The first-order valence-electron chi connectivity index (χ1n) is 5.19. The first-order valence-corrected chi connectivity index (χ1v) is 5.19. The number of amides is 2. The minimum atomic E-state index is -0.758. The topological polar surface area (TPSA) is 103 Å². The molecule has 0 aromatic carbocycles. The third-order valence-corrected chi connectivity index (χ3v) is 1.92. The molecule has 2 amide bonds. The summed E-state index contributed by atoms with van der Waals surface area (Å²) in [4.78, 5) is 28.3. The molecule has 8 heteroatoms. The summed E-state index contributed by atoms with van der Waals surface area (Å²) in [5.74, 6) is -1.29. The first-order chi connectivity index (χ1) is 8.09. The van der Waals surface area contributed by atoms with E-state index in [0.717, 1.165) is 13.0 Å². The molecule has 0 atom stereocenters. The van der Waals surface area contributed by atoms with E-state index in [0.29, 0.717) is 6.54 Å². The lowest BCUT2D eigenvalue weighted by Crippen LogP contribution is -2.36.